The van der Waals surface area contributed by atoms with Crippen LogP contribution in [-0.4, -0.2) is 48.9 Å². The molecule has 0 spiro atoms. The van der Waals surface area contributed by atoms with Crippen LogP contribution in [0.5, 0.6) is 0 Å². The van der Waals surface area contributed by atoms with E-state index >= 15 is 0 Å². The molecule has 0 aliphatic rings. The molecule has 4 aromatic heterocycles. The van der Waals surface area contributed by atoms with Crippen molar-refractivity contribution in [1.82, 2.24) is 29.7 Å². The molecule has 0 aliphatic carbocycles. The van der Waals surface area contributed by atoms with E-state index in [2.05, 4.69) is 29.7 Å². The average molecular weight is 640 g/mol. The normalized spacial score (nSPS) is 11.0. The van der Waals surface area contributed by atoms with Gasteiger partial charge in [0.1, 0.15) is 0 Å². The Bertz CT molecular complexity index is 1140. The van der Waals surface area contributed by atoms with Gasteiger partial charge in [0, 0.05) is 49.0 Å². The van der Waals surface area contributed by atoms with Crippen LogP contribution in [0, 0.1) is 27.7 Å². The van der Waals surface area contributed by atoms with E-state index in [4.69, 9.17) is 0 Å². The Labute approximate surface area is 264 Å². The maximum Gasteiger partial charge on any atom is 2.00 e. The number of pyridine rings is 4. The van der Waals surface area contributed by atoms with E-state index in [0.29, 0.717) is 39.3 Å². The fourth-order valence-electron chi connectivity index (χ4n) is 4.67. The Balaban J connectivity index is 0.00000280. The fraction of sp³-hybridized carbons (Fsp3) is 0.355. The predicted octanol–water partition coefficient (Wildman–Crippen LogP) is 3.93. The third-order valence-corrected chi connectivity index (χ3v) is 6.25. The Hall–Kier alpha value is -2.27. The smallest absolute Gasteiger partial charge is 0.850 e. The Morgan fingerprint density at radius 3 is 0.975 bits per heavy atom. The molecule has 0 atom stereocenters. The van der Waals surface area contributed by atoms with Crippen LogP contribution < -0.4 is 5.11 Å². The topological polar surface area (TPSA) is 81.1 Å². The van der Waals surface area contributed by atoms with E-state index in [0.717, 1.165) is 45.6 Å². The molecule has 0 aromatic carbocycles. The first-order valence-electron chi connectivity index (χ1n) is 13.1. The summed E-state index contributed by atoms with van der Waals surface area (Å²) >= 11 is 0. The molecule has 0 saturated carbocycles. The van der Waals surface area contributed by atoms with Crippen molar-refractivity contribution in [3.05, 3.63) is 118 Å². The van der Waals surface area contributed by atoms with E-state index < -0.39 is 6.10 Å². The largest absolute Gasteiger partial charge is 2.00 e. The molecule has 0 fully saturated rings. The van der Waals surface area contributed by atoms with Crippen molar-refractivity contribution >= 4 is 0 Å². The van der Waals surface area contributed by atoms with Gasteiger partial charge in [0.25, 0.3) is 0 Å². The Morgan fingerprint density at radius 2 is 0.750 bits per heavy atom. The van der Waals surface area contributed by atoms with Crippen LogP contribution >= 0.6 is 0 Å². The van der Waals surface area contributed by atoms with Gasteiger partial charge in [-0.05, 0) is 89.3 Å². The van der Waals surface area contributed by atoms with E-state index in [1.165, 1.54) is 0 Å². The van der Waals surface area contributed by atoms with Crippen LogP contribution in [0.2, 0.25) is 0 Å². The number of aryl methyl sites for hydroxylation is 4. The number of aromatic nitrogens is 4. The monoisotopic (exact) mass is 637 g/mol. The third-order valence-electron chi connectivity index (χ3n) is 6.25. The molecular formula is C31H37N6OZn2+3. The van der Waals surface area contributed by atoms with Crippen LogP contribution in [0.4, 0.5) is 0 Å². The van der Waals surface area contributed by atoms with Crippen LogP contribution in [-0.2, 0) is 65.1 Å². The summed E-state index contributed by atoms with van der Waals surface area (Å²) in [6.07, 6.45) is -0.834. The molecule has 0 amide bonds. The van der Waals surface area contributed by atoms with Crippen molar-refractivity contribution in [1.29, 1.82) is 0 Å². The van der Waals surface area contributed by atoms with Crippen molar-refractivity contribution < 1.29 is 44.1 Å². The van der Waals surface area contributed by atoms with E-state index in [9.17, 15) is 5.11 Å². The van der Waals surface area contributed by atoms with Crippen molar-refractivity contribution in [3.63, 3.8) is 0 Å². The van der Waals surface area contributed by atoms with Gasteiger partial charge in [0.2, 0.25) is 0 Å². The average Bonchev–Trinajstić information content (AvgIpc) is 2.84. The molecule has 0 unspecified atom stereocenters. The van der Waals surface area contributed by atoms with Gasteiger partial charge < -0.3 is 5.11 Å². The van der Waals surface area contributed by atoms with Crippen molar-refractivity contribution in [2.75, 3.05) is 13.1 Å². The zero-order chi connectivity index (χ0) is 26.9. The second kappa shape index (κ2) is 16.9. The molecular weight excluding hydrogens is 603 g/mol. The summed E-state index contributed by atoms with van der Waals surface area (Å²) in [5.74, 6) is 0. The zero-order valence-corrected chi connectivity index (χ0v) is 30.2. The SMILES string of the molecule is Cc1cccc(CN(Cc2cccc(C)n2)CC([O-])CN(Cc2cccc(C)n2)Cc2cccc(C)n2)n1.[Zn+2].[Zn+2]. The molecule has 4 aromatic rings. The Morgan fingerprint density at radius 1 is 0.500 bits per heavy atom. The first-order valence-corrected chi connectivity index (χ1v) is 13.1. The van der Waals surface area contributed by atoms with Crippen LogP contribution in [0.3, 0.4) is 0 Å². The van der Waals surface area contributed by atoms with Gasteiger partial charge in [-0.1, -0.05) is 24.3 Å². The van der Waals surface area contributed by atoms with Gasteiger partial charge in [-0.15, -0.1) is 6.10 Å². The van der Waals surface area contributed by atoms with Crippen molar-refractivity contribution in [3.8, 4) is 0 Å². The van der Waals surface area contributed by atoms with E-state index in [1.54, 1.807) is 0 Å². The molecule has 7 nitrogen and oxygen atoms in total. The third kappa shape index (κ3) is 11.3. The second-order valence-corrected chi connectivity index (χ2v) is 10.0. The maximum absolute atomic E-state index is 13.6. The minimum absolute atomic E-state index is 0. The molecule has 198 valence electrons. The molecule has 0 radical (unpaired) electrons. The molecule has 0 aliphatic heterocycles. The Kier molecular flexibility index (Phi) is 14.3. The first-order chi connectivity index (χ1) is 18.3. The minimum Gasteiger partial charge on any atom is -0.850 e. The quantitative estimate of drug-likeness (QED) is 0.217. The van der Waals surface area contributed by atoms with E-state index in [1.807, 2.05) is 100 Å². The minimum atomic E-state index is -0.834. The number of rotatable bonds is 12. The zero-order valence-electron chi connectivity index (χ0n) is 24.3. The van der Waals surface area contributed by atoms with Crippen LogP contribution in [0.1, 0.15) is 45.6 Å². The number of hydrogen-bond donors (Lipinski definition) is 0. The molecule has 0 N–H and O–H groups in total. The van der Waals surface area contributed by atoms with Gasteiger partial charge in [-0.3, -0.25) is 29.7 Å². The van der Waals surface area contributed by atoms with Gasteiger partial charge in [0.15, 0.2) is 0 Å². The first kappa shape index (κ1) is 33.9. The summed E-state index contributed by atoms with van der Waals surface area (Å²) in [6, 6.07) is 24.1. The number of nitrogens with zero attached hydrogens (tertiary/aromatic N) is 6. The summed E-state index contributed by atoms with van der Waals surface area (Å²) in [4.78, 5) is 23.0. The summed E-state index contributed by atoms with van der Waals surface area (Å²) in [5, 5.41) is 13.6. The second-order valence-electron chi connectivity index (χ2n) is 10.0. The molecule has 0 saturated heterocycles. The van der Waals surface area contributed by atoms with Gasteiger partial charge >= 0.3 is 39.0 Å². The van der Waals surface area contributed by atoms with Crippen molar-refractivity contribution in [2.45, 2.75) is 60.0 Å². The van der Waals surface area contributed by atoms with Gasteiger partial charge in [-0.25, -0.2) is 0 Å². The number of hydrogen-bond acceptors (Lipinski definition) is 7. The molecule has 4 heterocycles. The summed E-state index contributed by atoms with van der Waals surface area (Å²) in [5.41, 5.74) is 7.69. The van der Waals surface area contributed by atoms with Gasteiger partial charge in [0.05, 0.1) is 22.8 Å². The molecule has 9 heteroatoms. The standard InChI is InChI=1S/C31H37N6O.2Zn/c1-23-9-5-13-27(32-23)17-36(18-28-14-6-10-24(2)33-28)21-31(38)22-37(19-29-15-7-11-25(3)34-29)20-30-16-8-12-26(4)35-30;;/h5-16,31H,17-22H2,1-4H3;;/q-1;2*+2. The summed E-state index contributed by atoms with van der Waals surface area (Å²) < 4.78 is 0. The van der Waals surface area contributed by atoms with Crippen LogP contribution in [0.15, 0.2) is 72.8 Å². The summed E-state index contributed by atoms with van der Waals surface area (Å²) in [6.45, 7) is 11.1. The fourth-order valence-corrected chi connectivity index (χ4v) is 4.67. The maximum atomic E-state index is 13.6. The molecule has 40 heavy (non-hydrogen) atoms. The predicted molar refractivity (Wildman–Crippen MR) is 148 cm³/mol. The van der Waals surface area contributed by atoms with Crippen LogP contribution in [0.25, 0.3) is 0 Å². The molecule has 0 bridgehead atoms. The summed E-state index contributed by atoms with van der Waals surface area (Å²) in [7, 11) is 0. The van der Waals surface area contributed by atoms with Gasteiger partial charge in [-0.2, -0.15) is 0 Å². The van der Waals surface area contributed by atoms with E-state index in [-0.39, 0.29) is 39.0 Å². The molecule has 4 rings (SSSR count). The van der Waals surface area contributed by atoms with Crippen molar-refractivity contribution in [2.24, 2.45) is 0 Å².